The number of benzene rings is 1. The number of aryl methyl sites for hydroxylation is 1. The summed E-state index contributed by atoms with van der Waals surface area (Å²) in [7, 11) is 0. The largest absolute Gasteiger partial charge is 0.309 e. The van der Waals surface area contributed by atoms with Gasteiger partial charge in [0, 0.05) is 18.2 Å². The van der Waals surface area contributed by atoms with E-state index in [1.54, 1.807) is 0 Å². The standard InChI is InChI=1S/C20H33NO/c1-7-10-17(11-8-2)21(19(22)15-20(4,5)6)18-13-9-12-16(3)14-18/h9,12-14,17H,7-8,10-11,15H2,1-6H3. The van der Waals surface area contributed by atoms with Gasteiger partial charge < -0.3 is 4.90 Å². The van der Waals surface area contributed by atoms with Crippen molar-refractivity contribution >= 4 is 11.6 Å². The molecule has 0 aliphatic rings. The molecule has 0 unspecified atom stereocenters. The van der Waals surface area contributed by atoms with Gasteiger partial charge in [-0.2, -0.15) is 0 Å². The second-order valence-corrected chi connectivity index (χ2v) is 7.57. The van der Waals surface area contributed by atoms with Gasteiger partial charge in [0.25, 0.3) is 0 Å². The second-order valence-electron chi connectivity index (χ2n) is 7.57. The number of hydrogen-bond donors (Lipinski definition) is 0. The lowest BCUT2D eigenvalue weighted by molar-refractivity contribution is -0.120. The van der Waals surface area contributed by atoms with E-state index in [-0.39, 0.29) is 11.3 Å². The van der Waals surface area contributed by atoms with Crippen LogP contribution in [0.4, 0.5) is 5.69 Å². The van der Waals surface area contributed by atoms with Crippen LogP contribution in [0, 0.1) is 12.3 Å². The van der Waals surface area contributed by atoms with Gasteiger partial charge in [-0.3, -0.25) is 4.79 Å². The van der Waals surface area contributed by atoms with Crippen molar-refractivity contribution in [2.75, 3.05) is 4.90 Å². The summed E-state index contributed by atoms with van der Waals surface area (Å²) in [5.41, 5.74) is 2.28. The van der Waals surface area contributed by atoms with Crippen LogP contribution < -0.4 is 4.90 Å². The highest BCUT2D eigenvalue weighted by Crippen LogP contribution is 2.28. The summed E-state index contributed by atoms with van der Waals surface area (Å²) in [4.78, 5) is 15.1. The number of amides is 1. The Labute approximate surface area is 136 Å². The summed E-state index contributed by atoms with van der Waals surface area (Å²) in [5, 5.41) is 0. The van der Waals surface area contributed by atoms with Crippen LogP contribution in [0.5, 0.6) is 0 Å². The fourth-order valence-corrected chi connectivity index (χ4v) is 2.94. The normalized spacial score (nSPS) is 11.8. The average molecular weight is 303 g/mol. The van der Waals surface area contributed by atoms with Gasteiger partial charge in [0.05, 0.1) is 0 Å². The van der Waals surface area contributed by atoms with E-state index < -0.39 is 0 Å². The van der Waals surface area contributed by atoms with Crippen molar-refractivity contribution in [1.82, 2.24) is 0 Å². The third-order valence-corrected chi connectivity index (χ3v) is 3.84. The van der Waals surface area contributed by atoms with Crippen LogP contribution in [0.15, 0.2) is 24.3 Å². The Morgan fingerprint density at radius 3 is 2.18 bits per heavy atom. The monoisotopic (exact) mass is 303 g/mol. The van der Waals surface area contributed by atoms with E-state index in [0.29, 0.717) is 12.5 Å². The SMILES string of the molecule is CCCC(CCC)N(C(=O)CC(C)(C)C)c1cccc(C)c1. The third-order valence-electron chi connectivity index (χ3n) is 3.84. The first-order valence-electron chi connectivity index (χ1n) is 8.67. The Morgan fingerprint density at radius 1 is 1.14 bits per heavy atom. The van der Waals surface area contributed by atoms with Gasteiger partial charge in [0.2, 0.25) is 5.91 Å². The van der Waals surface area contributed by atoms with E-state index in [9.17, 15) is 4.79 Å². The summed E-state index contributed by atoms with van der Waals surface area (Å²) in [6.45, 7) is 12.9. The molecule has 0 radical (unpaired) electrons. The van der Waals surface area contributed by atoms with Gasteiger partial charge >= 0.3 is 0 Å². The number of carbonyl (C=O) groups is 1. The lowest BCUT2D eigenvalue weighted by atomic mass is 9.90. The van der Waals surface area contributed by atoms with Gasteiger partial charge in [-0.1, -0.05) is 59.6 Å². The molecule has 0 heterocycles. The molecule has 0 atom stereocenters. The highest BCUT2D eigenvalue weighted by atomic mass is 16.2. The van der Waals surface area contributed by atoms with Crippen LogP contribution >= 0.6 is 0 Å². The molecule has 0 aliphatic carbocycles. The maximum Gasteiger partial charge on any atom is 0.227 e. The maximum absolute atomic E-state index is 13.0. The molecule has 0 saturated carbocycles. The van der Waals surface area contributed by atoms with Crippen LogP contribution in [0.2, 0.25) is 0 Å². The van der Waals surface area contributed by atoms with E-state index in [1.807, 2.05) is 0 Å². The van der Waals surface area contributed by atoms with Crippen molar-refractivity contribution < 1.29 is 4.79 Å². The Hall–Kier alpha value is -1.31. The Kier molecular flexibility index (Phi) is 7.12. The fraction of sp³-hybridized carbons (Fsp3) is 0.650. The summed E-state index contributed by atoms with van der Waals surface area (Å²) in [6.07, 6.45) is 4.94. The summed E-state index contributed by atoms with van der Waals surface area (Å²) < 4.78 is 0. The van der Waals surface area contributed by atoms with E-state index in [4.69, 9.17) is 0 Å². The van der Waals surface area contributed by atoms with Gasteiger partial charge in [-0.15, -0.1) is 0 Å². The van der Waals surface area contributed by atoms with E-state index in [2.05, 4.69) is 70.7 Å². The summed E-state index contributed by atoms with van der Waals surface area (Å²) >= 11 is 0. The quantitative estimate of drug-likeness (QED) is 0.629. The van der Waals surface area contributed by atoms with Gasteiger partial charge in [0.1, 0.15) is 0 Å². The molecule has 1 rings (SSSR count). The lowest BCUT2D eigenvalue weighted by Crippen LogP contribution is -2.42. The van der Waals surface area contributed by atoms with Gasteiger partial charge in [-0.25, -0.2) is 0 Å². The molecule has 1 amide bonds. The molecular formula is C20H33NO. The average Bonchev–Trinajstić information content (AvgIpc) is 2.37. The maximum atomic E-state index is 13.0. The Bertz CT molecular complexity index is 467. The summed E-state index contributed by atoms with van der Waals surface area (Å²) in [5.74, 6) is 0.255. The second kappa shape index (κ2) is 8.36. The molecule has 0 saturated heterocycles. The zero-order chi connectivity index (χ0) is 16.8. The number of carbonyl (C=O) groups excluding carboxylic acids is 1. The molecule has 2 heteroatoms. The topological polar surface area (TPSA) is 20.3 Å². The lowest BCUT2D eigenvalue weighted by Gasteiger charge is -2.34. The number of rotatable bonds is 7. The molecule has 124 valence electrons. The predicted molar refractivity (Wildman–Crippen MR) is 96.3 cm³/mol. The number of anilines is 1. The van der Waals surface area contributed by atoms with Crippen LogP contribution in [-0.4, -0.2) is 11.9 Å². The van der Waals surface area contributed by atoms with Crippen LogP contribution in [0.25, 0.3) is 0 Å². The molecule has 0 aliphatic heterocycles. The first kappa shape index (κ1) is 18.7. The molecule has 1 aromatic rings. The van der Waals surface area contributed by atoms with Gasteiger partial charge in [0.15, 0.2) is 0 Å². The fourth-order valence-electron chi connectivity index (χ4n) is 2.94. The highest BCUT2D eigenvalue weighted by molar-refractivity contribution is 5.94. The zero-order valence-electron chi connectivity index (χ0n) is 15.3. The van der Waals surface area contributed by atoms with E-state index in [0.717, 1.165) is 31.4 Å². The minimum Gasteiger partial charge on any atom is -0.309 e. The van der Waals surface area contributed by atoms with Crippen molar-refractivity contribution in [3.8, 4) is 0 Å². The van der Waals surface area contributed by atoms with Crippen molar-refractivity contribution in [3.63, 3.8) is 0 Å². The van der Waals surface area contributed by atoms with Crippen molar-refractivity contribution in [2.45, 2.75) is 79.7 Å². The van der Waals surface area contributed by atoms with Crippen molar-refractivity contribution in [3.05, 3.63) is 29.8 Å². The molecule has 22 heavy (non-hydrogen) atoms. The zero-order valence-corrected chi connectivity index (χ0v) is 15.3. The Morgan fingerprint density at radius 2 is 1.73 bits per heavy atom. The molecule has 0 spiro atoms. The summed E-state index contributed by atoms with van der Waals surface area (Å²) in [6, 6.07) is 8.67. The molecule has 0 aromatic heterocycles. The van der Waals surface area contributed by atoms with E-state index in [1.165, 1.54) is 5.56 Å². The Balaban J connectivity index is 3.15. The number of hydrogen-bond acceptors (Lipinski definition) is 1. The van der Waals surface area contributed by atoms with Crippen molar-refractivity contribution in [2.24, 2.45) is 5.41 Å². The van der Waals surface area contributed by atoms with Crippen molar-refractivity contribution in [1.29, 1.82) is 0 Å². The first-order chi connectivity index (χ1) is 10.3. The smallest absolute Gasteiger partial charge is 0.227 e. The molecule has 1 aromatic carbocycles. The molecule has 0 bridgehead atoms. The molecule has 2 nitrogen and oxygen atoms in total. The van der Waals surface area contributed by atoms with Crippen LogP contribution in [0.3, 0.4) is 0 Å². The van der Waals surface area contributed by atoms with Crippen LogP contribution in [-0.2, 0) is 4.79 Å². The highest BCUT2D eigenvalue weighted by Gasteiger charge is 2.27. The third kappa shape index (κ3) is 5.82. The van der Waals surface area contributed by atoms with E-state index >= 15 is 0 Å². The molecule has 0 N–H and O–H groups in total. The number of nitrogens with zero attached hydrogens (tertiary/aromatic N) is 1. The van der Waals surface area contributed by atoms with Crippen LogP contribution in [0.1, 0.15) is 72.3 Å². The molecule has 0 fully saturated rings. The van der Waals surface area contributed by atoms with Gasteiger partial charge in [-0.05, 0) is 42.9 Å². The first-order valence-corrected chi connectivity index (χ1v) is 8.67. The minimum absolute atomic E-state index is 0.0160. The minimum atomic E-state index is 0.0160. The predicted octanol–water partition coefficient (Wildman–Crippen LogP) is 5.73. The molecular weight excluding hydrogens is 270 g/mol.